The van der Waals surface area contributed by atoms with Gasteiger partial charge in [-0.15, -0.1) is 0 Å². The fraction of sp³-hybridized carbons (Fsp3) is 1.00. The Morgan fingerprint density at radius 2 is 1.94 bits per heavy atom. The second kappa shape index (κ2) is 6.91. The van der Waals surface area contributed by atoms with Gasteiger partial charge in [-0.05, 0) is 56.4 Å². The molecule has 0 aromatic rings. The lowest BCUT2D eigenvalue weighted by atomic mass is 9.71. The van der Waals surface area contributed by atoms with E-state index in [0.29, 0.717) is 12.1 Å². The van der Waals surface area contributed by atoms with Gasteiger partial charge < -0.3 is 10.1 Å². The van der Waals surface area contributed by atoms with E-state index in [4.69, 9.17) is 4.74 Å². The van der Waals surface area contributed by atoms with Crippen LogP contribution < -0.4 is 5.32 Å². The van der Waals surface area contributed by atoms with Crippen LogP contribution in [0.4, 0.5) is 0 Å². The van der Waals surface area contributed by atoms with Crippen molar-refractivity contribution in [1.29, 1.82) is 0 Å². The van der Waals surface area contributed by atoms with Crippen molar-refractivity contribution in [3.63, 3.8) is 0 Å². The standard InChI is InChI=1S/C16H31NO/c1-4-17-16(15-7-5-6-10-18-15)14-9-8-12(2)13(3)11-14/h12-17H,4-11H2,1-3H3. The highest BCUT2D eigenvalue weighted by Crippen LogP contribution is 2.37. The Labute approximate surface area is 113 Å². The highest BCUT2D eigenvalue weighted by Gasteiger charge is 2.35. The molecule has 1 aliphatic carbocycles. The second-order valence-corrected chi connectivity index (χ2v) is 6.52. The van der Waals surface area contributed by atoms with Crippen molar-refractivity contribution in [3.8, 4) is 0 Å². The number of hydrogen-bond donors (Lipinski definition) is 1. The third-order valence-electron chi connectivity index (χ3n) is 5.20. The molecular formula is C16H31NO. The van der Waals surface area contributed by atoms with Gasteiger partial charge in [0.25, 0.3) is 0 Å². The van der Waals surface area contributed by atoms with Crippen molar-refractivity contribution < 1.29 is 4.74 Å². The van der Waals surface area contributed by atoms with Crippen LogP contribution in [0.3, 0.4) is 0 Å². The Balaban J connectivity index is 1.95. The van der Waals surface area contributed by atoms with Gasteiger partial charge in [-0.3, -0.25) is 0 Å². The summed E-state index contributed by atoms with van der Waals surface area (Å²) in [6, 6.07) is 0.602. The van der Waals surface area contributed by atoms with Crippen LogP contribution in [0.2, 0.25) is 0 Å². The van der Waals surface area contributed by atoms with E-state index in [2.05, 4.69) is 26.1 Å². The molecule has 0 bridgehead atoms. The molecule has 2 aliphatic rings. The molecule has 106 valence electrons. The van der Waals surface area contributed by atoms with Crippen LogP contribution in [-0.2, 0) is 4.74 Å². The molecule has 2 fully saturated rings. The normalized spacial score (nSPS) is 39.5. The molecule has 2 heteroatoms. The largest absolute Gasteiger partial charge is 0.377 e. The molecule has 0 amide bonds. The molecule has 1 saturated carbocycles. The van der Waals surface area contributed by atoms with Gasteiger partial charge >= 0.3 is 0 Å². The molecule has 1 heterocycles. The molecular weight excluding hydrogens is 222 g/mol. The van der Waals surface area contributed by atoms with Crippen molar-refractivity contribution in [2.24, 2.45) is 17.8 Å². The van der Waals surface area contributed by atoms with Crippen molar-refractivity contribution in [1.82, 2.24) is 5.32 Å². The van der Waals surface area contributed by atoms with E-state index in [1.807, 2.05) is 0 Å². The maximum atomic E-state index is 6.05. The number of ether oxygens (including phenoxy) is 1. The van der Waals surface area contributed by atoms with Gasteiger partial charge in [0.05, 0.1) is 6.10 Å². The zero-order chi connectivity index (χ0) is 13.0. The van der Waals surface area contributed by atoms with Crippen molar-refractivity contribution in [2.45, 2.75) is 71.4 Å². The third kappa shape index (κ3) is 3.48. The summed E-state index contributed by atoms with van der Waals surface area (Å²) < 4.78 is 6.05. The van der Waals surface area contributed by atoms with Crippen LogP contribution >= 0.6 is 0 Å². The SMILES string of the molecule is CCNC(C1CCC(C)C(C)C1)C1CCCCO1. The molecule has 1 N–H and O–H groups in total. The van der Waals surface area contributed by atoms with Gasteiger partial charge in [0.2, 0.25) is 0 Å². The van der Waals surface area contributed by atoms with Crippen LogP contribution in [-0.4, -0.2) is 25.3 Å². The van der Waals surface area contributed by atoms with Gasteiger partial charge in [0.1, 0.15) is 0 Å². The minimum atomic E-state index is 0.476. The van der Waals surface area contributed by atoms with E-state index in [0.717, 1.165) is 30.9 Å². The summed E-state index contributed by atoms with van der Waals surface area (Å²) in [6.45, 7) is 9.13. The molecule has 5 unspecified atom stereocenters. The molecule has 0 aromatic carbocycles. The summed E-state index contributed by atoms with van der Waals surface area (Å²) in [5, 5.41) is 3.73. The number of hydrogen-bond acceptors (Lipinski definition) is 2. The summed E-state index contributed by atoms with van der Waals surface area (Å²) in [4.78, 5) is 0. The average molecular weight is 253 g/mol. The third-order valence-corrected chi connectivity index (χ3v) is 5.20. The molecule has 1 saturated heterocycles. The first-order chi connectivity index (χ1) is 8.72. The first kappa shape index (κ1) is 14.3. The molecule has 18 heavy (non-hydrogen) atoms. The first-order valence-corrected chi connectivity index (χ1v) is 8.07. The number of nitrogens with one attached hydrogen (secondary N) is 1. The predicted molar refractivity (Wildman–Crippen MR) is 76.7 cm³/mol. The highest BCUT2D eigenvalue weighted by molar-refractivity contribution is 4.89. The first-order valence-electron chi connectivity index (χ1n) is 8.07. The van der Waals surface area contributed by atoms with Gasteiger partial charge in [0.15, 0.2) is 0 Å². The van der Waals surface area contributed by atoms with Gasteiger partial charge in [-0.1, -0.05) is 27.2 Å². The fourth-order valence-corrected chi connectivity index (χ4v) is 3.80. The monoisotopic (exact) mass is 253 g/mol. The zero-order valence-electron chi connectivity index (χ0n) is 12.5. The lowest BCUT2D eigenvalue weighted by Crippen LogP contribution is -2.49. The highest BCUT2D eigenvalue weighted by atomic mass is 16.5. The molecule has 2 nitrogen and oxygen atoms in total. The Kier molecular flexibility index (Phi) is 5.50. The van der Waals surface area contributed by atoms with E-state index < -0.39 is 0 Å². The van der Waals surface area contributed by atoms with Crippen molar-refractivity contribution in [2.75, 3.05) is 13.2 Å². The Morgan fingerprint density at radius 1 is 1.11 bits per heavy atom. The number of likely N-dealkylation sites (N-methyl/N-ethyl adjacent to an activating group) is 1. The fourth-order valence-electron chi connectivity index (χ4n) is 3.80. The maximum absolute atomic E-state index is 6.05. The summed E-state index contributed by atoms with van der Waals surface area (Å²) in [5.74, 6) is 2.63. The zero-order valence-corrected chi connectivity index (χ0v) is 12.5. The van der Waals surface area contributed by atoms with Crippen LogP contribution in [0.1, 0.15) is 59.3 Å². The summed E-state index contributed by atoms with van der Waals surface area (Å²) in [5.41, 5.74) is 0. The molecule has 2 rings (SSSR count). The Hall–Kier alpha value is -0.0800. The van der Waals surface area contributed by atoms with Crippen molar-refractivity contribution in [3.05, 3.63) is 0 Å². The molecule has 0 radical (unpaired) electrons. The minimum Gasteiger partial charge on any atom is -0.377 e. The summed E-state index contributed by atoms with van der Waals surface area (Å²) >= 11 is 0. The topological polar surface area (TPSA) is 21.3 Å². The predicted octanol–water partition coefficient (Wildman–Crippen LogP) is 3.61. The summed E-state index contributed by atoms with van der Waals surface area (Å²) in [6.07, 6.45) is 8.53. The minimum absolute atomic E-state index is 0.476. The quantitative estimate of drug-likeness (QED) is 0.826. The van der Waals surface area contributed by atoms with Gasteiger partial charge in [-0.25, -0.2) is 0 Å². The summed E-state index contributed by atoms with van der Waals surface area (Å²) in [7, 11) is 0. The van der Waals surface area contributed by atoms with E-state index in [9.17, 15) is 0 Å². The van der Waals surface area contributed by atoms with Gasteiger partial charge in [0, 0.05) is 12.6 Å². The average Bonchev–Trinajstić information content (AvgIpc) is 2.40. The molecule has 0 aromatic heterocycles. The second-order valence-electron chi connectivity index (χ2n) is 6.52. The van der Waals surface area contributed by atoms with E-state index >= 15 is 0 Å². The molecule has 1 aliphatic heterocycles. The lowest BCUT2D eigenvalue weighted by molar-refractivity contribution is -0.0296. The smallest absolute Gasteiger partial charge is 0.0730 e. The van der Waals surface area contributed by atoms with Crippen LogP contribution in [0.5, 0.6) is 0 Å². The van der Waals surface area contributed by atoms with Gasteiger partial charge in [-0.2, -0.15) is 0 Å². The van der Waals surface area contributed by atoms with Crippen LogP contribution in [0.25, 0.3) is 0 Å². The molecule has 0 spiro atoms. The lowest BCUT2D eigenvalue weighted by Gasteiger charge is -2.41. The van der Waals surface area contributed by atoms with Crippen molar-refractivity contribution >= 4 is 0 Å². The van der Waals surface area contributed by atoms with Crippen LogP contribution in [0, 0.1) is 17.8 Å². The van der Waals surface area contributed by atoms with E-state index in [1.54, 1.807) is 0 Å². The molecule has 5 atom stereocenters. The number of rotatable bonds is 4. The van der Waals surface area contributed by atoms with E-state index in [1.165, 1.54) is 38.5 Å². The van der Waals surface area contributed by atoms with E-state index in [-0.39, 0.29) is 0 Å². The Bertz CT molecular complexity index is 237. The Morgan fingerprint density at radius 3 is 2.56 bits per heavy atom. The van der Waals surface area contributed by atoms with Crippen LogP contribution in [0.15, 0.2) is 0 Å². The maximum Gasteiger partial charge on any atom is 0.0730 e.